The first-order chi connectivity index (χ1) is 31.5. The molecule has 6 heteroatoms. The lowest BCUT2D eigenvalue weighted by Crippen LogP contribution is -2.30. The lowest BCUT2D eigenvalue weighted by molar-refractivity contribution is -0.167. The number of unbranched alkanes of at least 4 members (excludes halogenated alkanes) is 37. The standard InChI is InChI=1S/C58H108O6/c1-4-7-10-13-16-19-22-25-26-27-28-29-30-31-32-34-36-39-42-45-48-51-57(60)63-54-55(53-62-56(59)50-47-44-41-38-35-24-21-18-15-12-9-6-3)64-58(61)52-49-46-43-40-37-33-23-20-17-14-11-8-5-2/h18,20-21,23,55H,4-17,19,22,24-54H2,1-3H3/b21-18-,23-20-. The summed E-state index contributed by atoms with van der Waals surface area (Å²) in [5.41, 5.74) is 0. The molecule has 0 aromatic heterocycles. The van der Waals surface area contributed by atoms with Crippen molar-refractivity contribution in [3.8, 4) is 0 Å². The van der Waals surface area contributed by atoms with Gasteiger partial charge in [0.25, 0.3) is 0 Å². The van der Waals surface area contributed by atoms with Crippen LogP contribution < -0.4 is 0 Å². The highest BCUT2D eigenvalue weighted by Crippen LogP contribution is 2.17. The second kappa shape index (κ2) is 53.5. The molecular formula is C58H108O6. The minimum absolute atomic E-state index is 0.0731. The number of ether oxygens (including phenoxy) is 3. The number of carbonyl (C=O) groups is 3. The van der Waals surface area contributed by atoms with Gasteiger partial charge in [-0.15, -0.1) is 0 Å². The van der Waals surface area contributed by atoms with Crippen LogP contribution in [0.25, 0.3) is 0 Å². The van der Waals surface area contributed by atoms with Gasteiger partial charge >= 0.3 is 17.9 Å². The van der Waals surface area contributed by atoms with Gasteiger partial charge in [0.15, 0.2) is 6.10 Å². The molecule has 0 amide bonds. The molecule has 0 saturated heterocycles. The molecule has 0 radical (unpaired) electrons. The fourth-order valence-electron chi connectivity index (χ4n) is 8.37. The van der Waals surface area contributed by atoms with E-state index in [1.54, 1.807) is 0 Å². The minimum atomic E-state index is -0.774. The smallest absolute Gasteiger partial charge is 0.306 e. The summed E-state index contributed by atoms with van der Waals surface area (Å²) in [6, 6.07) is 0. The van der Waals surface area contributed by atoms with E-state index in [4.69, 9.17) is 14.2 Å². The first kappa shape index (κ1) is 61.9. The van der Waals surface area contributed by atoms with Gasteiger partial charge in [0.2, 0.25) is 0 Å². The van der Waals surface area contributed by atoms with Crippen LogP contribution in [0.1, 0.15) is 310 Å². The molecule has 0 aliphatic rings. The third kappa shape index (κ3) is 50.9. The van der Waals surface area contributed by atoms with Gasteiger partial charge in [0, 0.05) is 19.3 Å². The van der Waals surface area contributed by atoms with Crippen LogP contribution in [0.15, 0.2) is 24.3 Å². The maximum absolute atomic E-state index is 12.8. The van der Waals surface area contributed by atoms with Gasteiger partial charge < -0.3 is 14.2 Å². The zero-order valence-corrected chi connectivity index (χ0v) is 43.1. The maximum atomic E-state index is 12.8. The molecule has 0 fully saturated rings. The molecule has 0 aromatic carbocycles. The summed E-state index contributed by atoms with van der Waals surface area (Å²) < 4.78 is 16.8. The summed E-state index contributed by atoms with van der Waals surface area (Å²) in [7, 11) is 0. The van der Waals surface area contributed by atoms with Gasteiger partial charge in [0.1, 0.15) is 13.2 Å². The number of carbonyl (C=O) groups excluding carboxylic acids is 3. The zero-order valence-electron chi connectivity index (χ0n) is 43.1. The zero-order chi connectivity index (χ0) is 46.5. The van der Waals surface area contributed by atoms with E-state index < -0.39 is 6.10 Å². The highest BCUT2D eigenvalue weighted by atomic mass is 16.6. The van der Waals surface area contributed by atoms with Gasteiger partial charge in [-0.05, 0) is 70.6 Å². The molecule has 1 unspecified atom stereocenters. The van der Waals surface area contributed by atoms with E-state index in [1.165, 1.54) is 199 Å². The lowest BCUT2D eigenvalue weighted by Gasteiger charge is -2.18. The highest BCUT2D eigenvalue weighted by molar-refractivity contribution is 5.71. The van der Waals surface area contributed by atoms with E-state index in [2.05, 4.69) is 45.1 Å². The number of hydrogen-bond donors (Lipinski definition) is 0. The van der Waals surface area contributed by atoms with Crippen LogP contribution in [0.4, 0.5) is 0 Å². The SMILES string of the molecule is CCCCC/C=C\CCCCCCCC(=O)OCC(COC(=O)CCCCCCCCCCCCCCCCCCCCCCC)OC(=O)CCCCCCC/C=C\CCCCCC. The molecule has 0 N–H and O–H groups in total. The number of allylic oxidation sites excluding steroid dienone is 4. The van der Waals surface area contributed by atoms with Crippen molar-refractivity contribution in [1.29, 1.82) is 0 Å². The molecule has 6 nitrogen and oxygen atoms in total. The van der Waals surface area contributed by atoms with E-state index >= 15 is 0 Å². The minimum Gasteiger partial charge on any atom is -0.462 e. The van der Waals surface area contributed by atoms with Crippen molar-refractivity contribution in [2.45, 2.75) is 316 Å². The van der Waals surface area contributed by atoms with Crippen LogP contribution in [0, 0.1) is 0 Å². The van der Waals surface area contributed by atoms with Crippen LogP contribution in [-0.2, 0) is 28.6 Å². The second-order valence-corrected chi connectivity index (χ2v) is 19.2. The van der Waals surface area contributed by atoms with Crippen LogP contribution in [0.3, 0.4) is 0 Å². The normalized spacial score (nSPS) is 12.1. The Morgan fingerprint density at radius 2 is 0.516 bits per heavy atom. The van der Waals surface area contributed by atoms with Crippen molar-refractivity contribution < 1.29 is 28.6 Å². The summed E-state index contributed by atoms with van der Waals surface area (Å²) in [6.07, 6.45) is 61.7. The van der Waals surface area contributed by atoms with Crippen molar-refractivity contribution in [1.82, 2.24) is 0 Å². The predicted octanol–water partition coefficient (Wildman–Crippen LogP) is 18.7. The summed E-state index contributed by atoms with van der Waals surface area (Å²) in [5, 5.41) is 0. The van der Waals surface area contributed by atoms with Crippen molar-refractivity contribution in [2.24, 2.45) is 0 Å². The Hall–Kier alpha value is -2.11. The first-order valence-corrected chi connectivity index (χ1v) is 28.3. The van der Waals surface area contributed by atoms with Crippen LogP contribution in [0.5, 0.6) is 0 Å². The molecule has 0 aromatic rings. The Balaban J connectivity index is 4.25. The van der Waals surface area contributed by atoms with Crippen molar-refractivity contribution in [3.63, 3.8) is 0 Å². The van der Waals surface area contributed by atoms with Crippen molar-refractivity contribution in [2.75, 3.05) is 13.2 Å². The van der Waals surface area contributed by atoms with Crippen molar-refractivity contribution in [3.05, 3.63) is 24.3 Å². The number of esters is 3. The Kier molecular flexibility index (Phi) is 51.7. The average molecular weight is 901 g/mol. The molecular weight excluding hydrogens is 793 g/mol. The highest BCUT2D eigenvalue weighted by Gasteiger charge is 2.19. The van der Waals surface area contributed by atoms with E-state index in [1.807, 2.05) is 0 Å². The molecule has 0 spiro atoms. The predicted molar refractivity (Wildman–Crippen MR) is 275 cm³/mol. The Morgan fingerprint density at radius 1 is 0.297 bits per heavy atom. The Morgan fingerprint density at radius 3 is 0.828 bits per heavy atom. The Labute approximate surface area is 398 Å². The third-order valence-corrected chi connectivity index (χ3v) is 12.7. The quantitative estimate of drug-likeness (QED) is 0.0262. The number of rotatable bonds is 52. The van der Waals surface area contributed by atoms with Crippen LogP contribution >= 0.6 is 0 Å². The lowest BCUT2D eigenvalue weighted by atomic mass is 10.0. The Bertz CT molecular complexity index is 1040. The van der Waals surface area contributed by atoms with Gasteiger partial charge in [-0.1, -0.05) is 244 Å². The monoisotopic (exact) mass is 901 g/mol. The molecule has 376 valence electrons. The molecule has 0 bridgehead atoms. The molecule has 64 heavy (non-hydrogen) atoms. The van der Waals surface area contributed by atoms with Crippen LogP contribution in [0.2, 0.25) is 0 Å². The maximum Gasteiger partial charge on any atom is 0.306 e. The molecule has 0 aliphatic heterocycles. The first-order valence-electron chi connectivity index (χ1n) is 28.3. The summed E-state index contributed by atoms with van der Waals surface area (Å²) in [5.74, 6) is -0.875. The number of hydrogen-bond acceptors (Lipinski definition) is 6. The van der Waals surface area contributed by atoms with E-state index in [-0.39, 0.29) is 31.1 Å². The third-order valence-electron chi connectivity index (χ3n) is 12.7. The van der Waals surface area contributed by atoms with E-state index in [9.17, 15) is 14.4 Å². The molecule has 0 rings (SSSR count). The fraction of sp³-hybridized carbons (Fsp3) is 0.879. The second-order valence-electron chi connectivity index (χ2n) is 19.2. The summed E-state index contributed by atoms with van der Waals surface area (Å²) in [4.78, 5) is 38.0. The van der Waals surface area contributed by atoms with Gasteiger partial charge in [-0.2, -0.15) is 0 Å². The fourth-order valence-corrected chi connectivity index (χ4v) is 8.37. The largest absolute Gasteiger partial charge is 0.462 e. The molecule has 0 saturated carbocycles. The van der Waals surface area contributed by atoms with Crippen molar-refractivity contribution >= 4 is 17.9 Å². The van der Waals surface area contributed by atoms with E-state index in [0.717, 1.165) is 70.6 Å². The molecule has 0 aliphatic carbocycles. The summed E-state index contributed by atoms with van der Waals surface area (Å²) >= 11 is 0. The molecule has 1 atom stereocenters. The topological polar surface area (TPSA) is 78.9 Å². The van der Waals surface area contributed by atoms with Crippen LogP contribution in [-0.4, -0.2) is 37.2 Å². The van der Waals surface area contributed by atoms with Gasteiger partial charge in [-0.3, -0.25) is 14.4 Å². The molecule has 0 heterocycles. The van der Waals surface area contributed by atoms with E-state index in [0.29, 0.717) is 19.3 Å². The average Bonchev–Trinajstić information content (AvgIpc) is 3.29. The summed E-state index contributed by atoms with van der Waals surface area (Å²) in [6.45, 7) is 6.63. The van der Waals surface area contributed by atoms with Gasteiger partial charge in [-0.25, -0.2) is 0 Å². The van der Waals surface area contributed by atoms with Gasteiger partial charge in [0.05, 0.1) is 0 Å².